The van der Waals surface area contributed by atoms with E-state index in [0.717, 1.165) is 12.8 Å². The smallest absolute Gasteiger partial charge is 0.184 e. The Bertz CT molecular complexity index is 349. The van der Waals surface area contributed by atoms with Gasteiger partial charge in [0.25, 0.3) is 0 Å². The van der Waals surface area contributed by atoms with Crippen LogP contribution in [0.3, 0.4) is 0 Å². The lowest BCUT2D eigenvalue weighted by Gasteiger charge is -2.33. The zero-order valence-electron chi connectivity index (χ0n) is 11.6. The fraction of sp³-hybridized carbons (Fsp3) is 0.571. The van der Waals surface area contributed by atoms with Crippen molar-refractivity contribution in [2.75, 3.05) is 0 Å². The van der Waals surface area contributed by atoms with E-state index in [-0.39, 0.29) is 5.60 Å². The summed E-state index contributed by atoms with van der Waals surface area (Å²) < 4.78 is 6.16. The summed E-state index contributed by atoms with van der Waals surface area (Å²) in [5, 5.41) is 9.22. The maximum absolute atomic E-state index is 9.22. The minimum absolute atomic E-state index is 0.0671. The maximum atomic E-state index is 9.22. The standard InChI is InChI=1S/C14H24O2Si/c1-14(2,16-17(3,4)5)11-10-12-6-8-13(15)9-7-12/h6-9,15H,10-11H2,1-5H3. The number of aromatic hydroxyl groups is 1. The lowest BCUT2D eigenvalue weighted by atomic mass is 9.99. The average Bonchev–Trinajstić information content (AvgIpc) is 2.13. The summed E-state index contributed by atoms with van der Waals surface area (Å²) in [6.07, 6.45) is 1.99. The first kappa shape index (κ1) is 14.3. The van der Waals surface area contributed by atoms with Gasteiger partial charge in [-0.1, -0.05) is 12.1 Å². The number of phenolic OH excluding ortho intramolecular Hbond substituents is 1. The predicted octanol–water partition coefficient (Wildman–Crippen LogP) is 3.95. The van der Waals surface area contributed by atoms with Gasteiger partial charge in [0.2, 0.25) is 0 Å². The Morgan fingerprint density at radius 1 is 1.12 bits per heavy atom. The largest absolute Gasteiger partial charge is 0.508 e. The molecule has 0 fully saturated rings. The van der Waals surface area contributed by atoms with Crippen LogP contribution < -0.4 is 0 Å². The van der Waals surface area contributed by atoms with Gasteiger partial charge < -0.3 is 9.53 Å². The van der Waals surface area contributed by atoms with Crippen molar-refractivity contribution in [2.45, 2.75) is 51.9 Å². The first-order chi connectivity index (χ1) is 7.68. The van der Waals surface area contributed by atoms with Crippen molar-refractivity contribution in [2.24, 2.45) is 0 Å². The summed E-state index contributed by atoms with van der Waals surface area (Å²) in [6.45, 7) is 11.0. The van der Waals surface area contributed by atoms with Gasteiger partial charge >= 0.3 is 0 Å². The van der Waals surface area contributed by atoms with Crippen LogP contribution in [0.15, 0.2) is 24.3 Å². The van der Waals surface area contributed by atoms with Crippen molar-refractivity contribution in [1.29, 1.82) is 0 Å². The van der Waals surface area contributed by atoms with Crippen LogP contribution in [0.5, 0.6) is 5.75 Å². The van der Waals surface area contributed by atoms with Crippen LogP contribution in [-0.2, 0) is 10.8 Å². The van der Waals surface area contributed by atoms with Crippen molar-refractivity contribution in [3.8, 4) is 5.75 Å². The minimum Gasteiger partial charge on any atom is -0.508 e. The fourth-order valence-corrected chi connectivity index (χ4v) is 3.75. The van der Waals surface area contributed by atoms with Gasteiger partial charge in [-0.2, -0.15) is 0 Å². The Kier molecular flexibility index (Phi) is 4.39. The van der Waals surface area contributed by atoms with Gasteiger partial charge in [0.1, 0.15) is 5.75 Å². The molecule has 0 aliphatic heterocycles. The SMILES string of the molecule is CC(C)(CCc1ccc(O)cc1)O[Si](C)(C)C. The molecule has 0 saturated heterocycles. The van der Waals surface area contributed by atoms with E-state index in [9.17, 15) is 5.11 Å². The van der Waals surface area contributed by atoms with Crippen LogP contribution in [0, 0.1) is 0 Å². The van der Waals surface area contributed by atoms with Gasteiger partial charge in [0.15, 0.2) is 8.32 Å². The molecule has 0 aliphatic rings. The predicted molar refractivity (Wildman–Crippen MR) is 74.9 cm³/mol. The molecule has 0 amide bonds. The van der Waals surface area contributed by atoms with Crippen LogP contribution in [-0.4, -0.2) is 19.0 Å². The average molecular weight is 252 g/mol. The number of hydrogen-bond acceptors (Lipinski definition) is 2. The molecule has 1 rings (SSSR count). The zero-order chi connectivity index (χ0) is 13.1. The second-order valence-corrected chi connectivity index (χ2v) is 10.6. The van der Waals surface area contributed by atoms with E-state index < -0.39 is 8.32 Å². The third-order valence-corrected chi connectivity index (χ3v) is 3.70. The molecule has 3 heteroatoms. The molecule has 1 N–H and O–H groups in total. The normalized spacial score (nSPS) is 12.8. The van der Waals surface area contributed by atoms with Gasteiger partial charge in [-0.25, -0.2) is 0 Å². The monoisotopic (exact) mass is 252 g/mol. The molecule has 0 aromatic heterocycles. The highest BCUT2D eigenvalue weighted by molar-refractivity contribution is 6.69. The Hall–Kier alpha value is -0.803. The van der Waals surface area contributed by atoms with E-state index in [4.69, 9.17) is 4.43 Å². The number of rotatable bonds is 5. The Morgan fingerprint density at radius 3 is 2.12 bits per heavy atom. The summed E-state index contributed by atoms with van der Waals surface area (Å²) >= 11 is 0. The van der Waals surface area contributed by atoms with E-state index in [1.807, 2.05) is 12.1 Å². The third kappa shape index (κ3) is 5.89. The van der Waals surface area contributed by atoms with Crippen LogP contribution in [0.4, 0.5) is 0 Å². The molecule has 0 aliphatic carbocycles. The topological polar surface area (TPSA) is 29.5 Å². The Labute approximate surface area is 106 Å². The van der Waals surface area contributed by atoms with Crippen molar-refractivity contribution in [1.82, 2.24) is 0 Å². The van der Waals surface area contributed by atoms with Gasteiger partial charge in [-0.05, 0) is 64.0 Å². The molecule has 0 unspecified atom stereocenters. The summed E-state index contributed by atoms with van der Waals surface area (Å²) in [7, 11) is -1.48. The molecule has 0 heterocycles. The molecular weight excluding hydrogens is 228 g/mol. The Balaban J connectivity index is 2.52. The molecule has 1 aromatic rings. The molecule has 0 spiro atoms. The van der Waals surface area contributed by atoms with Gasteiger partial charge in [0.05, 0.1) is 5.60 Å². The number of aryl methyl sites for hydroxylation is 1. The fourth-order valence-electron chi connectivity index (χ4n) is 1.99. The molecule has 0 radical (unpaired) electrons. The molecule has 0 saturated carbocycles. The summed E-state index contributed by atoms with van der Waals surface area (Å²) in [4.78, 5) is 0. The summed E-state index contributed by atoms with van der Waals surface area (Å²) in [5.41, 5.74) is 1.18. The zero-order valence-corrected chi connectivity index (χ0v) is 12.6. The van der Waals surface area contributed by atoms with E-state index in [2.05, 4.69) is 33.5 Å². The van der Waals surface area contributed by atoms with Gasteiger partial charge in [-0.15, -0.1) is 0 Å². The first-order valence-electron chi connectivity index (χ1n) is 6.16. The van der Waals surface area contributed by atoms with Crippen molar-refractivity contribution < 1.29 is 9.53 Å². The van der Waals surface area contributed by atoms with Gasteiger partial charge in [-0.3, -0.25) is 0 Å². The van der Waals surface area contributed by atoms with E-state index >= 15 is 0 Å². The lowest BCUT2D eigenvalue weighted by Crippen LogP contribution is -2.38. The second-order valence-electron chi connectivity index (χ2n) is 6.14. The third-order valence-electron chi connectivity index (χ3n) is 2.53. The maximum Gasteiger partial charge on any atom is 0.184 e. The molecule has 17 heavy (non-hydrogen) atoms. The number of benzene rings is 1. The first-order valence-corrected chi connectivity index (χ1v) is 9.57. The van der Waals surface area contributed by atoms with Gasteiger partial charge in [0, 0.05) is 0 Å². The summed E-state index contributed by atoms with van der Waals surface area (Å²) in [6, 6.07) is 7.42. The highest BCUT2D eigenvalue weighted by atomic mass is 28.4. The highest BCUT2D eigenvalue weighted by Gasteiger charge is 2.26. The van der Waals surface area contributed by atoms with E-state index in [1.165, 1.54) is 5.56 Å². The molecular formula is C14H24O2Si. The second kappa shape index (κ2) is 5.23. The minimum atomic E-state index is -1.48. The summed E-state index contributed by atoms with van der Waals surface area (Å²) in [5.74, 6) is 0.325. The lowest BCUT2D eigenvalue weighted by molar-refractivity contribution is 0.0916. The van der Waals surface area contributed by atoms with Crippen LogP contribution in [0.25, 0.3) is 0 Å². The quantitative estimate of drug-likeness (QED) is 0.804. The van der Waals surface area contributed by atoms with Crippen LogP contribution >= 0.6 is 0 Å². The van der Waals surface area contributed by atoms with Crippen molar-refractivity contribution in [3.63, 3.8) is 0 Å². The number of hydrogen-bond donors (Lipinski definition) is 1. The molecule has 0 bridgehead atoms. The van der Waals surface area contributed by atoms with E-state index in [0.29, 0.717) is 5.75 Å². The van der Waals surface area contributed by atoms with Crippen molar-refractivity contribution in [3.05, 3.63) is 29.8 Å². The molecule has 2 nitrogen and oxygen atoms in total. The Morgan fingerprint density at radius 2 is 1.65 bits per heavy atom. The van der Waals surface area contributed by atoms with Crippen molar-refractivity contribution >= 4 is 8.32 Å². The highest BCUT2D eigenvalue weighted by Crippen LogP contribution is 2.23. The molecule has 0 atom stereocenters. The van der Waals surface area contributed by atoms with Crippen LogP contribution in [0.2, 0.25) is 19.6 Å². The molecule has 96 valence electrons. The molecule has 1 aromatic carbocycles. The van der Waals surface area contributed by atoms with E-state index in [1.54, 1.807) is 12.1 Å². The number of phenols is 1. The van der Waals surface area contributed by atoms with Crippen LogP contribution in [0.1, 0.15) is 25.8 Å².